The molecule has 14 heteroatoms. The number of halogens is 3. The van der Waals surface area contributed by atoms with E-state index in [-0.39, 0.29) is 23.8 Å². The van der Waals surface area contributed by atoms with E-state index in [1.165, 1.54) is 46.7 Å². The van der Waals surface area contributed by atoms with E-state index in [0.29, 0.717) is 26.3 Å². The van der Waals surface area contributed by atoms with Crippen LogP contribution in [-0.4, -0.2) is 48.6 Å². The zero-order valence-corrected chi connectivity index (χ0v) is 19.8. The normalized spacial score (nSPS) is 18.1. The highest BCUT2D eigenvalue weighted by atomic mass is 32.1. The molecule has 0 bridgehead atoms. The fourth-order valence-electron chi connectivity index (χ4n) is 4.29. The second-order valence-electron chi connectivity index (χ2n) is 8.04. The Morgan fingerprint density at radius 1 is 1.31 bits per heavy atom. The number of fused-ring (bicyclic) bond motifs is 4. The van der Waals surface area contributed by atoms with Crippen LogP contribution >= 0.6 is 22.7 Å². The maximum absolute atomic E-state index is 14.0. The second kappa shape index (κ2) is 7.75. The van der Waals surface area contributed by atoms with Crippen LogP contribution in [0.2, 0.25) is 0 Å². The number of hydrogen-bond donors (Lipinski definition) is 1. The van der Waals surface area contributed by atoms with Gasteiger partial charge in [-0.1, -0.05) is 6.07 Å². The van der Waals surface area contributed by atoms with E-state index in [0.717, 1.165) is 9.56 Å². The molecule has 180 valence electrons. The Kier molecular flexibility index (Phi) is 4.86. The standard InChI is InChI=1S/C21H16F3N7O2S2/c1-9-15-18-27-17(29-30(18)8-25-19(15)35-16(9)20(32)33-2)11-7-14-26-10(12-4-3-5-34-12)6-13(21(22,23)24)31(14)28-11/h3-5,7-8,10,13,26H,6H2,1-2H3/t10-,13-/m1/s1. The SMILES string of the molecule is COC(=O)c1sc2ncn3nc(-c4cc5n(n4)[C@@H](C(F)(F)F)C[C@H](c4cccs4)N5)nc3c2c1C. The highest BCUT2D eigenvalue weighted by Gasteiger charge is 2.47. The molecule has 1 N–H and O–H groups in total. The van der Waals surface area contributed by atoms with Crippen LogP contribution in [0.3, 0.4) is 0 Å². The summed E-state index contributed by atoms with van der Waals surface area (Å²) in [5.74, 6) is -0.0784. The molecular weight excluding hydrogens is 503 g/mol. The highest BCUT2D eigenvalue weighted by Crippen LogP contribution is 2.45. The lowest BCUT2D eigenvalue weighted by Crippen LogP contribution is -2.35. The van der Waals surface area contributed by atoms with Gasteiger partial charge in [0.1, 0.15) is 27.5 Å². The summed E-state index contributed by atoms with van der Waals surface area (Å²) < 4.78 is 49.1. The molecule has 0 fully saturated rings. The molecule has 0 amide bonds. The number of nitrogens with one attached hydrogen (secondary N) is 1. The van der Waals surface area contributed by atoms with Crippen LogP contribution in [0.15, 0.2) is 29.9 Å². The van der Waals surface area contributed by atoms with Crippen molar-refractivity contribution in [2.75, 3.05) is 12.4 Å². The van der Waals surface area contributed by atoms with Gasteiger partial charge in [0.05, 0.1) is 18.5 Å². The maximum Gasteiger partial charge on any atom is 0.410 e. The number of rotatable bonds is 3. The molecule has 0 unspecified atom stereocenters. The Hall–Kier alpha value is -3.52. The number of methoxy groups -OCH3 is 1. The second-order valence-corrected chi connectivity index (χ2v) is 10.0. The number of esters is 1. The van der Waals surface area contributed by atoms with Gasteiger partial charge in [-0.3, -0.25) is 0 Å². The third-order valence-corrected chi connectivity index (χ3v) is 8.11. The summed E-state index contributed by atoms with van der Waals surface area (Å²) in [5, 5.41) is 14.3. The molecule has 0 spiro atoms. The van der Waals surface area contributed by atoms with Crippen LogP contribution in [0.1, 0.15) is 38.6 Å². The van der Waals surface area contributed by atoms with E-state index >= 15 is 0 Å². The smallest absolute Gasteiger partial charge is 0.410 e. The van der Waals surface area contributed by atoms with Crippen molar-refractivity contribution in [1.82, 2.24) is 29.4 Å². The number of thiophene rings is 2. The van der Waals surface area contributed by atoms with Crippen molar-refractivity contribution in [2.45, 2.75) is 31.6 Å². The van der Waals surface area contributed by atoms with E-state index in [2.05, 4.69) is 25.5 Å². The van der Waals surface area contributed by atoms with Gasteiger partial charge < -0.3 is 10.1 Å². The fourth-order valence-corrected chi connectivity index (χ4v) is 6.14. The summed E-state index contributed by atoms with van der Waals surface area (Å²) in [6.45, 7) is 1.76. The number of aromatic nitrogens is 6. The Morgan fingerprint density at radius 3 is 2.86 bits per heavy atom. The van der Waals surface area contributed by atoms with Crippen molar-refractivity contribution < 1.29 is 22.7 Å². The van der Waals surface area contributed by atoms with E-state index in [1.807, 2.05) is 17.5 Å². The lowest BCUT2D eigenvalue weighted by atomic mass is 10.0. The lowest BCUT2D eigenvalue weighted by molar-refractivity contribution is -0.173. The topological polar surface area (TPSA) is 99.2 Å². The van der Waals surface area contributed by atoms with Crippen LogP contribution < -0.4 is 5.32 Å². The zero-order chi connectivity index (χ0) is 24.5. The first kappa shape index (κ1) is 22.0. The van der Waals surface area contributed by atoms with Crippen molar-refractivity contribution >= 4 is 50.3 Å². The Balaban J connectivity index is 1.46. The minimum absolute atomic E-state index is 0.154. The maximum atomic E-state index is 14.0. The van der Waals surface area contributed by atoms with Gasteiger partial charge in [0.25, 0.3) is 0 Å². The monoisotopic (exact) mass is 519 g/mol. The third-order valence-electron chi connectivity index (χ3n) is 5.94. The van der Waals surface area contributed by atoms with Crippen molar-refractivity contribution in [1.29, 1.82) is 0 Å². The number of nitrogens with zero attached hydrogens (tertiary/aromatic N) is 6. The molecule has 0 radical (unpaired) electrons. The number of alkyl halides is 3. The molecule has 1 aliphatic rings. The number of ether oxygens (including phenoxy) is 1. The average Bonchev–Trinajstić information content (AvgIpc) is 3.61. The van der Waals surface area contributed by atoms with E-state index in [9.17, 15) is 18.0 Å². The summed E-state index contributed by atoms with van der Waals surface area (Å²) >= 11 is 2.58. The summed E-state index contributed by atoms with van der Waals surface area (Å²) in [6.07, 6.45) is -3.20. The van der Waals surface area contributed by atoms with E-state index in [4.69, 9.17) is 4.74 Å². The molecule has 0 saturated heterocycles. The van der Waals surface area contributed by atoms with Gasteiger partial charge in [-0.05, 0) is 23.9 Å². The van der Waals surface area contributed by atoms with Crippen molar-refractivity contribution in [2.24, 2.45) is 0 Å². The molecule has 0 saturated carbocycles. The number of hydrogen-bond acceptors (Lipinski definition) is 9. The highest BCUT2D eigenvalue weighted by molar-refractivity contribution is 7.20. The van der Waals surface area contributed by atoms with Crippen LogP contribution in [0.4, 0.5) is 19.0 Å². The number of aryl methyl sites for hydroxylation is 1. The van der Waals surface area contributed by atoms with Crippen molar-refractivity contribution in [3.05, 3.63) is 45.2 Å². The predicted octanol–water partition coefficient (Wildman–Crippen LogP) is 5.02. The van der Waals surface area contributed by atoms with Gasteiger partial charge >= 0.3 is 12.1 Å². The first-order valence-electron chi connectivity index (χ1n) is 10.4. The molecule has 35 heavy (non-hydrogen) atoms. The van der Waals surface area contributed by atoms with E-state index < -0.39 is 24.2 Å². The zero-order valence-electron chi connectivity index (χ0n) is 18.2. The largest absolute Gasteiger partial charge is 0.465 e. The first-order valence-corrected chi connectivity index (χ1v) is 12.1. The summed E-state index contributed by atoms with van der Waals surface area (Å²) in [5.41, 5.74) is 1.28. The van der Waals surface area contributed by atoms with Gasteiger partial charge in [-0.15, -0.1) is 27.8 Å². The van der Waals surface area contributed by atoms with Gasteiger partial charge in [0, 0.05) is 17.4 Å². The Labute approximate surface area is 203 Å². The Morgan fingerprint density at radius 2 is 2.14 bits per heavy atom. The molecule has 5 aromatic heterocycles. The summed E-state index contributed by atoms with van der Waals surface area (Å²) in [4.78, 5) is 22.8. The Bertz CT molecular complexity index is 1590. The summed E-state index contributed by atoms with van der Waals surface area (Å²) in [6, 6.07) is 2.89. The molecular formula is C21H16F3N7O2S2. The van der Waals surface area contributed by atoms with Gasteiger partial charge in [-0.2, -0.15) is 18.3 Å². The van der Waals surface area contributed by atoms with Crippen molar-refractivity contribution in [3.8, 4) is 11.5 Å². The minimum Gasteiger partial charge on any atom is -0.465 e. The molecule has 6 heterocycles. The van der Waals surface area contributed by atoms with Gasteiger partial charge in [-0.25, -0.2) is 24.0 Å². The van der Waals surface area contributed by atoms with Crippen molar-refractivity contribution in [3.63, 3.8) is 0 Å². The number of anilines is 1. The molecule has 6 rings (SSSR count). The van der Waals surface area contributed by atoms with Gasteiger partial charge in [0.2, 0.25) is 5.82 Å². The summed E-state index contributed by atoms with van der Waals surface area (Å²) in [7, 11) is 1.30. The minimum atomic E-state index is -4.48. The molecule has 2 atom stereocenters. The van der Waals surface area contributed by atoms with Crippen LogP contribution in [0.25, 0.3) is 27.4 Å². The molecule has 1 aliphatic heterocycles. The average molecular weight is 520 g/mol. The van der Waals surface area contributed by atoms with Crippen LogP contribution in [0.5, 0.6) is 0 Å². The number of carbonyl (C=O) groups is 1. The molecule has 0 aromatic carbocycles. The third kappa shape index (κ3) is 3.46. The molecule has 0 aliphatic carbocycles. The molecule has 9 nitrogen and oxygen atoms in total. The lowest BCUT2D eigenvalue weighted by Gasteiger charge is -2.32. The van der Waals surface area contributed by atoms with Crippen LogP contribution in [-0.2, 0) is 4.74 Å². The quantitative estimate of drug-likeness (QED) is 0.334. The predicted molar refractivity (Wildman–Crippen MR) is 124 cm³/mol. The van der Waals surface area contributed by atoms with Crippen LogP contribution in [0, 0.1) is 6.92 Å². The molecule has 5 aromatic rings. The number of carbonyl (C=O) groups excluding carboxylic acids is 1. The van der Waals surface area contributed by atoms with E-state index in [1.54, 1.807) is 6.92 Å². The van der Waals surface area contributed by atoms with Gasteiger partial charge in [0.15, 0.2) is 11.7 Å². The first-order chi connectivity index (χ1) is 16.7. The fraction of sp³-hybridized carbons (Fsp3) is 0.286.